The molecule has 0 spiro atoms. The first-order valence-corrected chi connectivity index (χ1v) is 16.9. The SMILES string of the molecule is COC(=O)c1ccccc1NC(=O)C(Sc1cccc(NC(=O)/C(=C\c2cccc3ccccc23)NC(=O)c2ccccc2)c1)c1ccccc1. The predicted molar refractivity (Wildman–Crippen MR) is 202 cm³/mol. The zero-order valence-corrected chi connectivity index (χ0v) is 28.4. The molecule has 0 bridgehead atoms. The van der Waals surface area contributed by atoms with Gasteiger partial charge < -0.3 is 20.7 Å². The molecule has 0 saturated carbocycles. The number of thioether (sulfide) groups is 1. The summed E-state index contributed by atoms with van der Waals surface area (Å²) in [7, 11) is 1.29. The smallest absolute Gasteiger partial charge is 0.339 e. The van der Waals surface area contributed by atoms with Gasteiger partial charge in [-0.15, -0.1) is 11.8 Å². The topological polar surface area (TPSA) is 114 Å². The average Bonchev–Trinajstić information content (AvgIpc) is 3.17. The van der Waals surface area contributed by atoms with Gasteiger partial charge in [0.2, 0.25) is 5.91 Å². The van der Waals surface area contributed by atoms with E-state index in [4.69, 9.17) is 4.74 Å². The van der Waals surface area contributed by atoms with Crippen LogP contribution in [-0.4, -0.2) is 30.8 Å². The van der Waals surface area contributed by atoms with Crippen LogP contribution in [0.2, 0.25) is 0 Å². The molecule has 252 valence electrons. The standard InChI is InChI=1S/C42H33N3O5S/c1-50-42(49)35-24-10-11-25-36(35)44-41(48)38(29-15-4-2-5-16-29)51-33-22-13-21-32(27-33)43-40(47)37(45-39(46)30-17-6-3-7-18-30)26-31-20-12-19-28-14-8-9-23-34(28)31/h2-27,38H,1H3,(H,43,47)(H,44,48)(H,45,46)/b37-26+. The molecule has 0 fully saturated rings. The largest absolute Gasteiger partial charge is 0.465 e. The van der Waals surface area contributed by atoms with Crippen LogP contribution in [0.4, 0.5) is 11.4 Å². The lowest BCUT2D eigenvalue weighted by Crippen LogP contribution is -2.30. The number of hydrogen-bond donors (Lipinski definition) is 3. The van der Waals surface area contributed by atoms with Gasteiger partial charge in [-0.3, -0.25) is 14.4 Å². The summed E-state index contributed by atoms with van der Waals surface area (Å²) in [5, 5.41) is 9.84. The van der Waals surface area contributed by atoms with Gasteiger partial charge in [0.25, 0.3) is 11.8 Å². The number of rotatable bonds is 11. The minimum Gasteiger partial charge on any atom is -0.465 e. The number of anilines is 2. The van der Waals surface area contributed by atoms with Crippen molar-refractivity contribution < 1.29 is 23.9 Å². The first kappa shape index (κ1) is 34.4. The molecule has 1 atom stereocenters. The highest BCUT2D eigenvalue weighted by Gasteiger charge is 2.24. The van der Waals surface area contributed by atoms with Crippen molar-refractivity contribution in [3.63, 3.8) is 0 Å². The number of methoxy groups -OCH3 is 1. The van der Waals surface area contributed by atoms with Crippen molar-refractivity contribution in [3.05, 3.63) is 180 Å². The number of esters is 1. The number of carbonyl (C=O) groups excluding carboxylic acids is 4. The molecular weight excluding hydrogens is 659 g/mol. The summed E-state index contributed by atoms with van der Waals surface area (Å²) >= 11 is 1.29. The molecule has 6 aromatic rings. The summed E-state index contributed by atoms with van der Waals surface area (Å²) in [5.74, 6) is -1.86. The third kappa shape index (κ3) is 8.59. The Morgan fingerprint density at radius 3 is 2.14 bits per heavy atom. The molecule has 3 N–H and O–H groups in total. The van der Waals surface area contributed by atoms with Crippen LogP contribution in [0.5, 0.6) is 0 Å². The maximum Gasteiger partial charge on any atom is 0.339 e. The molecule has 0 aliphatic heterocycles. The molecule has 0 radical (unpaired) electrons. The molecule has 6 rings (SSSR count). The van der Waals surface area contributed by atoms with Crippen LogP contribution in [0.1, 0.15) is 37.1 Å². The Hall–Kier alpha value is -6.45. The lowest BCUT2D eigenvalue weighted by Gasteiger charge is -2.19. The van der Waals surface area contributed by atoms with Crippen molar-refractivity contribution in [2.75, 3.05) is 17.7 Å². The van der Waals surface area contributed by atoms with Crippen molar-refractivity contribution in [3.8, 4) is 0 Å². The quantitative estimate of drug-likeness (QED) is 0.0714. The van der Waals surface area contributed by atoms with E-state index in [1.165, 1.54) is 18.9 Å². The van der Waals surface area contributed by atoms with Crippen molar-refractivity contribution in [2.24, 2.45) is 0 Å². The highest BCUT2D eigenvalue weighted by Crippen LogP contribution is 2.37. The van der Waals surface area contributed by atoms with Crippen LogP contribution in [0.25, 0.3) is 16.8 Å². The maximum atomic E-state index is 13.9. The van der Waals surface area contributed by atoms with Gasteiger partial charge in [0.05, 0.1) is 18.4 Å². The maximum absolute atomic E-state index is 13.9. The minimum absolute atomic E-state index is 0.0593. The molecule has 0 aliphatic rings. The zero-order valence-electron chi connectivity index (χ0n) is 27.5. The van der Waals surface area contributed by atoms with Crippen molar-refractivity contribution in [1.29, 1.82) is 0 Å². The molecule has 0 aliphatic carbocycles. The van der Waals surface area contributed by atoms with Crippen LogP contribution in [0.15, 0.2) is 162 Å². The van der Waals surface area contributed by atoms with Gasteiger partial charge in [-0.2, -0.15) is 0 Å². The van der Waals surface area contributed by atoms with E-state index in [1.54, 1.807) is 72.8 Å². The summed E-state index contributed by atoms with van der Waals surface area (Å²) in [6, 6.07) is 45.3. The second-order valence-corrected chi connectivity index (χ2v) is 12.5. The highest BCUT2D eigenvalue weighted by molar-refractivity contribution is 8.00. The minimum atomic E-state index is -0.713. The first-order valence-electron chi connectivity index (χ1n) is 16.1. The van der Waals surface area contributed by atoms with E-state index in [0.29, 0.717) is 21.8 Å². The Balaban J connectivity index is 1.27. The monoisotopic (exact) mass is 691 g/mol. The molecule has 1 unspecified atom stereocenters. The highest BCUT2D eigenvalue weighted by atomic mass is 32.2. The summed E-state index contributed by atoms with van der Waals surface area (Å²) in [6.07, 6.45) is 1.67. The average molecular weight is 692 g/mol. The lowest BCUT2D eigenvalue weighted by atomic mass is 10.0. The number of benzene rings is 6. The van der Waals surface area contributed by atoms with Crippen LogP contribution in [-0.2, 0) is 14.3 Å². The van der Waals surface area contributed by atoms with E-state index < -0.39 is 23.0 Å². The second-order valence-electron chi connectivity index (χ2n) is 11.4. The van der Waals surface area contributed by atoms with Gasteiger partial charge >= 0.3 is 5.97 Å². The normalized spacial score (nSPS) is 11.7. The summed E-state index contributed by atoms with van der Waals surface area (Å²) in [5.41, 5.74) is 3.01. The van der Waals surface area contributed by atoms with Gasteiger partial charge in [0.1, 0.15) is 10.9 Å². The number of fused-ring (bicyclic) bond motifs is 1. The van der Waals surface area contributed by atoms with E-state index in [1.807, 2.05) is 84.9 Å². The fourth-order valence-electron chi connectivity index (χ4n) is 5.44. The van der Waals surface area contributed by atoms with Crippen molar-refractivity contribution >= 4 is 63.7 Å². The Kier molecular flexibility index (Phi) is 11.0. The van der Waals surface area contributed by atoms with Gasteiger partial charge in [-0.05, 0) is 70.4 Å². The fourth-order valence-corrected chi connectivity index (χ4v) is 6.52. The molecular formula is C42H33N3O5S. The molecule has 0 saturated heterocycles. The number of hydrogen-bond acceptors (Lipinski definition) is 6. The van der Waals surface area contributed by atoms with Crippen LogP contribution < -0.4 is 16.0 Å². The predicted octanol–water partition coefficient (Wildman–Crippen LogP) is 8.51. The fraction of sp³-hybridized carbons (Fsp3) is 0.0476. The van der Waals surface area contributed by atoms with E-state index >= 15 is 0 Å². The number of amides is 3. The van der Waals surface area contributed by atoms with Crippen LogP contribution >= 0.6 is 11.8 Å². The van der Waals surface area contributed by atoms with Crippen molar-refractivity contribution in [1.82, 2.24) is 5.32 Å². The number of carbonyl (C=O) groups is 4. The summed E-state index contributed by atoms with van der Waals surface area (Å²) in [4.78, 5) is 54.0. The van der Waals surface area contributed by atoms with Crippen molar-refractivity contribution in [2.45, 2.75) is 10.1 Å². The summed E-state index contributed by atoms with van der Waals surface area (Å²) < 4.78 is 4.90. The summed E-state index contributed by atoms with van der Waals surface area (Å²) in [6.45, 7) is 0. The second kappa shape index (κ2) is 16.3. The Morgan fingerprint density at radius 1 is 0.686 bits per heavy atom. The van der Waals surface area contributed by atoms with Crippen LogP contribution in [0.3, 0.4) is 0 Å². The van der Waals surface area contributed by atoms with E-state index in [2.05, 4.69) is 16.0 Å². The molecule has 8 nitrogen and oxygen atoms in total. The molecule has 6 aromatic carbocycles. The Morgan fingerprint density at radius 2 is 1.35 bits per heavy atom. The van der Waals surface area contributed by atoms with Crippen LogP contribution in [0, 0.1) is 0 Å². The third-order valence-corrected chi connectivity index (χ3v) is 9.18. The molecule has 0 heterocycles. The van der Waals surface area contributed by atoms with E-state index in [-0.39, 0.29) is 17.2 Å². The lowest BCUT2D eigenvalue weighted by molar-refractivity contribution is -0.116. The molecule has 0 aromatic heterocycles. The Labute approximate surface area is 299 Å². The van der Waals surface area contributed by atoms with Gasteiger partial charge in [-0.1, -0.05) is 109 Å². The zero-order chi connectivity index (χ0) is 35.6. The third-order valence-electron chi connectivity index (χ3n) is 7.93. The number of nitrogens with one attached hydrogen (secondary N) is 3. The van der Waals surface area contributed by atoms with Gasteiger partial charge in [-0.25, -0.2) is 4.79 Å². The molecule has 51 heavy (non-hydrogen) atoms. The van der Waals surface area contributed by atoms with Gasteiger partial charge in [0, 0.05) is 16.1 Å². The number of para-hydroxylation sites is 1. The molecule has 3 amide bonds. The Bertz CT molecular complexity index is 2230. The van der Waals surface area contributed by atoms with Gasteiger partial charge in [0.15, 0.2) is 0 Å². The first-order chi connectivity index (χ1) is 24.9. The number of ether oxygens (including phenoxy) is 1. The van der Waals surface area contributed by atoms with E-state index in [0.717, 1.165) is 21.9 Å². The van der Waals surface area contributed by atoms with E-state index in [9.17, 15) is 19.2 Å². The molecule has 9 heteroatoms.